The van der Waals surface area contributed by atoms with Crippen molar-refractivity contribution in [2.24, 2.45) is 5.73 Å². The minimum atomic E-state index is -1.55. The summed E-state index contributed by atoms with van der Waals surface area (Å²) in [6.45, 7) is 0.683. The van der Waals surface area contributed by atoms with Gasteiger partial charge >= 0.3 is 0 Å². The molecule has 0 bridgehead atoms. The third kappa shape index (κ3) is 2.20. The molecule has 5 nitrogen and oxygen atoms in total. The molecule has 16 heavy (non-hydrogen) atoms. The zero-order valence-electron chi connectivity index (χ0n) is 8.93. The van der Waals surface area contributed by atoms with E-state index in [0.29, 0.717) is 5.56 Å². The van der Waals surface area contributed by atoms with E-state index >= 15 is 0 Å². The highest BCUT2D eigenvalue weighted by Crippen LogP contribution is 2.20. The van der Waals surface area contributed by atoms with Gasteiger partial charge in [0.15, 0.2) is 5.54 Å². The van der Waals surface area contributed by atoms with Crippen LogP contribution in [0.3, 0.4) is 0 Å². The number of nitrogens with two attached hydrogens (primary N) is 1. The summed E-state index contributed by atoms with van der Waals surface area (Å²) < 4.78 is 0. The van der Waals surface area contributed by atoms with Crippen LogP contribution in [-0.2, 0) is 15.1 Å². The Hall–Kier alpha value is -1.88. The number of rotatable bonds is 4. The number of aliphatic hydroxyl groups is 1. The Labute approximate surface area is 93.3 Å². The molecule has 1 unspecified atom stereocenters. The SMILES string of the molecule is CC(=O)NC(CO)(C(N)=O)c1ccccc1. The second kappa shape index (κ2) is 4.76. The molecule has 0 fully saturated rings. The lowest BCUT2D eigenvalue weighted by atomic mass is 9.90. The number of aliphatic hydroxyl groups excluding tert-OH is 1. The summed E-state index contributed by atoms with van der Waals surface area (Å²) in [5.41, 5.74) is 4.16. The van der Waals surface area contributed by atoms with Gasteiger partial charge in [0.1, 0.15) is 0 Å². The van der Waals surface area contributed by atoms with Gasteiger partial charge in [-0.15, -0.1) is 0 Å². The van der Waals surface area contributed by atoms with Crippen molar-refractivity contribution in [3.05, 3.63) is 35.9 Å². The molecule has 0 spiro atoms. The molecular formula is C11H14N2O3. The summed E-state index contributed by atoms with van der Waals surface area (Å²) in [6.07, 6.45) is 0. The van der Waals surface area contributed by atoms with Crippen molar-refractivity contribution < 1.29 is 14.7 Å². The zero-order chi connectivity index (χ0) is 12.2. The van der Waals surface area contributed by atoms with Crippen molar-refractivity contribution >= 4 is 11.8 Å². The molecule has 1 atom stereocenters. The normalized spacial score (nSPS) is 13.9. The van der Waals surface area contributed by atoms with Gasteiger partial charge in [-0.05, 0) is 5.56 Å². The van der Waals surface area contributed by atoms with Crippen molar-refractivity contribution in [3.8, 4) is 0 Å². The van der Waals surface area contributed by atoms with Gasteiger partial charge in [-0.2, -0.15) is 0 Å². The lowest BCUT2D eigenvalue weighted by Gasteiger charge is -2.29. The van der Waals surface area contributed by atoms with E-state index in [2.05, 4.69) is 5.32 Å². The molecule has 2 amide bonds. The lowest BCUT2D eigenvalue weighted by Crippen LogP contribution is -2.56. The average Bonchev–Trinajstić information content (AvgIpc) is 2.26. The number of hydrogen-bond donors (Lipinski definition) is 3. The summed E-state index contributed by atoms with van der Waals surface area (Å²) in [5.74, 6) is -1.23. The van der Waals surface area contributed by atoms with Crippen LogP contribution < -0.4 is 11.1 Å². The molecule has 0 aliphatic heterocycles. The van der Waals surface area contributed by atoms with E-state index in [4.69, 9.17) is 5.73 Å². The number of hydrogen-bond acceptors (Lipinski definition) is 3. The van der Waals surface area contributed by atoms with Crippen LogP contribution in [0.4, 0.5) is 0 Å². The highest BCUT2D eigenvalue weighted by molar-refractivity contribution is 5.91. The minimum Gasteiger partial charge on any atom is -0.393 e. The number of nitrogens with one attached hydrogen (secondary N) is 1. The Morgan fingerprint density at radius 1 is 1.38 bits per heavy atom. The van der Waals surface area contributed by atoms with Gasteiger partial charge in [0.2, 0.25) is 11.8 Å². The fourth-order valence-electron chi connectivity index (χ4n) is 1.51. The van der Waals surface area contributed by atoms with Crippen LogP contribution in [0.15, 0.2) is 30.3 Å². The van der Waals surface area contributed by atoms with Crippen LogP contribution in [0.1, 0.15) is 12.5 Å². The third-order valence-corrected chi connectivity index (χ3v) is 2.31. The molecule has 0 aromatic heterocycles. The van der Waals surface area contributed by atoms with Crippen molar-refractivity contribution in [1.29, 1.82) is 0 Å². The summed E-state index contributed by atoms with van der Waals surface area (Å²) in [5, 5.41) is 11.7. The number of carbonyl (C=O) groups is 2. The Kier molecular flexibility index (Phi) is 3.63. The van der Waals surface area contributed by atoms with Crippen molar-refractivity contribution in [2.75, 3.05) is 6.61 Å². The summed E-state index contributed by atoms with van der Waals surface area (Å²) in [7, 11) is 0. The van der Waals surface area contributed by atoms with E-state index in [1.54, 1.807) is 30.3 Å². The largest absolute Gasteiger partial charge is 0.393 e. The van der Waals surface area contributed by atoms with Gasteiger partial charge in [-0.25, -0.2) is 0 Å². The number of carbonyl (C=O) groups excluding carboxylic acids is 2. The highest BCUT2D eigenvalue weighted by atomic mass is 16.3. The quantitative estimate of drug-likeness (QED) is 0.641. The van der Waals surface area contributed by atoms with Crippen molar-refractivity contribution in [2.45, 2.75) is 12.5 Å². The molecule has 0 saturated carbocycles. The van der Waals surface area contributed by atoms with Gasteiger partial charge in [0, 0.05) is 6.92 Å². The predicted molar refractivity (Wildman–Crippen MR) is 58.2 cm³/mol. The minimum absolute atomic E-state index is 0.434. The summed E-state index contributed by atoms with van der Waals surface area (Å²) in [4.78, 5) is 22.5. The molecule has 0 radical (unpaired) electrons. The van der Waals surface area contributed by atoms with Crippen molar-refractivity contribution in [1.82, 2.24) is 5.32 Å². The first-order valence-corrected chi connectivity index (χ1v) is 4.78. The molecular weight excluding hydrogens is 208 g/mol. The summed E-state index contributed by atoms with van der Waals surface area (Å²) in [6, 6.07) is 8.41. The average molecular weight is 222 g/mol. The van der Waals surface area contributed by atoms with E-state index in [1.807, 2.05) is 0 Å². The van der Waals surface area contributed by atoms with Gasteiger partial charge in [-0.3, -0.25) is 9.59 Å². The molecule has 4 N–H and O–H groups in total. The molecule has 0 saturated heterocycles. The predicted octanol–water partition coefficient (Wildman–Crippen LogP) is -0.504. The second-order valence-electron chi connectivity index (χ2n) is 3.47. The van der Waals surface area contributed by atoms with Crippen LogP contribution in [0.25, 0.3) is 0 Å². The maximum Gasteiger partial charge on any atom is 0.250 e. The topological polar surface area (TPSA) is 92.4 Å². The number of benzene rings is 1. The van der Waals surface area contributed by atoms with Crippen LogP contribution in [0, 0.1) is 0 Å². The summed E-state index contributed by atoms with van der Waals surface area (Å²) >= 11 is 0. The Bertz CT molecular complexity index is 391. The van der Waals surface area contributed by atoms with E-state index in [9.17, 15) is 14.7 Å². The molecule has 1 aromatic carbocycles. The van der Waals surface area contributed by atoms with Crippen LogP contribution in [0.5, 0.6) is 0 Å². The van der Waals surface area contributed by atoms with E-state index in [-0.39, 0.29) is 0 Å². The van der Waals surface area contributed by atoms with Gasteiger partial charge in [-0.1, -0.05) is 30.3 Å². The Morgan fingerprint density at radius 3 is 2.31 bits per heavy atom. The fraction of sp³-hybridized carbons (Fsp3) is 0.273. The van der Waals surface area contributed by atoms with Crippen LogP contribution >= 0.6 is 0 Å². The van der Waals surface area contributed by atoms with Gasteiger partial charge in [0.05, 0.1) is 6.61 Å². The maximum absolute atomic E-state index is 11.4. The fourth-order valence-corrected chi connectivity index (χ4v) is 1.51. The monoisotopic (exact) mass is 222 g/mol. The molecule has 0 aliphatic carbocycles. The lowest BCUT2D eigenvalue weighted by molar-refractivity contribution is -0.132. The molecule has 1 rings (SSSR count). The Morgan fingerprint density at radius 2 is 1.94 bits per heavy atom. The van der Waals surface area contributed by atoms with Gasteiger partial charge in [0.25, 0.3) is 0 Å². The third-order valence-electron chi connectivity index (χ3n) is 2.31. The van der Waals surface area contributed by atoms with Gasteiger partial charge < -0.3 is 16.2 Å². The number of primary amides is 1. The molecule has 5 heteroatoms. The van der Waals surface area contributed by atoms with E-state index < -0.39 is 24.0 Å². The second-order valence-corrected chi connectivity index (χ2v) is 3.47. The van der Waals surface area contributed by atoms with Crippen LogP contribution in [-0.4, -0.2) is 23.5 Å². The molecule has 0 heterocycles. The number of amides is 2. The molecule has 1 aromatic rings. The standard InChI is InChI=1S/C11H14N2O3/c1-8(15)13-11(7-14,10(12)16)9-5-3-2-4-6-9/h2-6,14H,7H2,1H3,(H2,12,16)(H,13,15). The first-order chi connectivity index (χ1) is 7.53. The highest BCUT2D eigenvalue weighted by Gasteiger charge is 2.38. The van der Waals surface area contributed by atoms with E-state index in [0.717, 1.165) is 0 Å². The smallest absolute Gasteiger partial charge is 0.250 e. The maximum atomic E-state index is 11.4. The van der Waals surface area contributed by atoms with Crippen molar-refractivity contribution in [3.63, 3.8) is 0 Å². The zero-order valence-corrected chi connectivity index (χ0v) is 8.93. The molecule has 86 valence electrons. The molecule has 0 aliphatic rings. The van der Waals surface area contributed by atoms with Crippen LogP contribution in [0.2, 0.25) is 0 Å². The first-order valence-electron chi connectivity index (χ1n) is 4.78. The first kappa shape index (κ1) is 12.2. The Balaban J connectivity index is 3.23. The van der Waals surface area contributed by atoms with E-state index in [1.165, 1.54) is 6.92 Å².